The van der Waals surface area contributed by atoms with Gasteiger partial charge in [0.2, 0.25) is 0 Å². The van der Waals surface area contributed by atoms with Crippen LogP contribution in [0.15, 0.2) is 47.4 Å². The first-order valence-corrected chi connectivity index (χ1v) is 10.3. The molecule has 0 aromatic heterocycles. The Hall–Kier alpha value is -3.27. The molecule has 0 N–H and O–H groups in total. The Labute approximate surface area is 175 Å². The Morgan fingerprint density at radius 3 is 2.10 bits per heavy atom. The highest BCUT2D eigenvalue weighted by molar-refractivity contribution is 7.92. The number of sulfonamides is 1. The van der Waals surface area contributed by atoms with Crippen molar-refractivity contribution in [2.45, 2.75) is 11.8 Å². The molecule has 0 spiro atoms. The minimum absolute atomic E-state index is 0.0633. The van der Waals surface area contributed by atoms with Crippen LogP contribution in [0, 0.1) is 0 Å². The summed E-state index contributed by atoms with van der Waals surface area (Å²) in [5, 5.41) is 0. The Balaban J connectivity index is 2.77. The minimum Gasteiger partial charge on any atom is -0.493 e. The number of benzene rings is 2. The van der Waals surface area contributed by atoms with Crippen molar-refractivity contribution in [3.05, 3.63) is 48.0 Å². The molecule has 0 saturated heterocycles. The summed E-state index contributed by atoms with van der Waals surface area (Å²) in [5.41, 5.74) is -0.240. The molecule has 0 fully saturated rings. The molecule has 0 saturated carbocycles. The third-order valence-corrected chi connectivity index (χ3v) is 5.86. The number of hydrogen-bond acceptors (Lipinski definition) is 8. The monoisotopic (exact) mass is 437 g/mol. The maximum absolute atomic E-state index is 13.4. The fourth-order valence-electron chi connectivity index (χ4n) is 2.69. The van der Waals surface area contributed by atoms with Gasteiger partial charge < -0.3 is 18.9 Å². The van der Waals surface area contributed by atoms with Crippen molar-refractivity contribution in [2.75, 3.05) is 38.8 Å². The summed E-state index contributed by atoms with van der Waals surface area (Å²) in [6, 6.07) is 10.1. The maximum atomic E-state index is 13.4. The third kappa shape index (κ3) is 4.82. The average molecular weight is 437 g/mol. The van der Waals surface area contributed by atoms with Crippen LogP contribution in [0.2, 0.25) is 0 Å². The number of ether oxygens (including phenoxy) is 4. The molecule has 0 aliphatic carbocycles. The molecule has 2 rings (SSSR count). The van der Waals surface area contributed by atoms with E-state index in [9.17, 15) is 18.0 Å². The lowest BCUT2D eigenvalue weighted by atomic mass is 10.1. The molecule has 0 amide bonds. The second-order valence-electron chi connectivity index (χ2n) is 5.85. The second kappa shape index (κ2) is 9.97. The molecule has 10 heteroatoms. The molecule has 0 bridgehead atoms. The van der Waals surface area contributed by atoms with Crippen molar-refractivity contribution < 1.29 is 37.0 Å². The van der Waals surface area contributed by atoms with Gasteiger partial charge in [-0.3, -0.25) is 9.10 Å². The van der Waals surface area contributed by atoms with Crippen molar-refractivity contribution in [3.63, 3.8) is 0 Å². The van der Waals surface area contributed by atoms with E-state index in [-0.39, 0.29) is 34.3 Å². The molecule has 162 valence electrons. The highest BCUT2D eigenvalue weighted by Gasteiger charge is 2.32. The molecular weight excluding hydrogens is 414 g/mol. The van der Waals surface area contributed by atoms with Gasteiger partial charge in [0.1, 0.15) is 6.54 Å². The first kappa shape index (κ1) is 23.0. The van der Waals surface area contributed by atoms with E-state index in [1.54, 1.807) is 25.1 Å². The van der Waals surface area contributed by atoms with Gasteiger partial charge >= 0.3 is 11.9 Å². The predicted molar refractivity (Wildman–Crippen MR) is 108 cm³/mol. The predicted octanol–water partition coefficient (Wildman–Crippen LogP) is 2.25. The van der Waals surface area contributed by atoms with Gasteiger partial charge in [0.25, 0.3) is 10.0 Å². The van der Waals surface area contributed by atoms with E-state index in [0.29, 0.717) is 0 Å². The Morgan fingerprint density at radius 2 is 1.57 bits per heavy atom. The van der Waals surface area contributed by atoms with E-state index in [1.807, 2.05) is 0 Å². The Morgan fingerprint density at radius 1 is 0.967 bits per heavy atom. The van der Waals surface area contributed by atoms with Gasteiger partial charge in [0.05, 0.1) is 44.1 Å². The maximum Gasteiger partial charge on any atom is 0.340 e. The van der Waals surface area contributed by atoms with Gasteiger partial charge in [-0.1, -0.05) is 18.2 Å². The van der Waals surface area contributed by atoms with E-state index < -0.39 is 28.5 Å². The first-order chi connectivity index (χ1) is 14.3. The van der Waals surface area contributed by atoms with E-state index >= 15 is 0 Å². The van der Waals surface area contributed by atoms with Gasteiger partial charge in [0, 0.05) is 12.1 Å². The van der Waals surface area contributed by atoms with Crippen LogP contribution >= 0.6 is 0 Å². The van der Waals surface area contributed by atoms with E-state index in [0.717, 1.165) is 11.4 Å². The lowest BCUT2D eigenvalue weighted by Crippen LogP contribution is -2.37. The van der Waals surface area contributed by atoms with Gasteiger partial charge in [-0.15, -0.1) is 0 Å². The molecule has 2 aromatic carbocycles. The van der Waals surface area contributed by atoms with Crippen LogP contribution in [0.4, 0.5) is 5.69 Å². The zero-order chi connectivity index (χ0) is 22.3. The van der Waals surface area contributed by atoms with Crippen LogP contribution < -0.4 is 13.8 Å². The molecule has 9 nitrogen and oxygen atoms in total. The van der Waals surface area contributed by atoms with Gasteiger partial charge in [-0.05, 0) is 19.1 Å². The number of carbonyl (C=O) groups excluding carboxylic acids is 2. The molecule has 0 aliphatic rings. The SMILES string of the molecule is CCOC(=O)CN(c1cc(OC)c(OC)cc1C(=O)OC)S(=O)(=O)c1ccccc1. The summed E-state index contributed by atoms with van der Waals surface area (Å²) in [4.78, 5) is 24.6. The number of hydrogen-bond donors (Lipinski definition) is 0. The summed E-state index contributed by atoms with van der Waals surface area (Å²) in [6.07, 6.45) is 0. The minimum atomic E-state index is -4.25. The first-order valence-electron chi connectivity index (χ1n) is 8.87. The zero-order valence-electron chi connectivity index (χ0n) is 17.1. The van der Waals surface area contributed by atoms with E-state index in [2.05, 4.69) is 0 Å². The highest BCUT2D eigenvalue weighted by atomic mass is 32.2. The van der Waals surface area contributed by atoms with Crippen molar-refractivity contribution in [3.8, 4) is 11.5 Å². The van der Waals surface area contributed by atoms with Crippen LogP contribution in [0.3, 0.4) is 0 Å². The zero-order valence-corrected chi connectivity index (χ0v) is 17.9. The van der Waals surface area contributed by atoms with Crippen molar-refractivity contribution in [1.82, 2.24) is 0 Å². The van der Waals surface area contributed by atoms with Crippen molar-refractivity contribution in [1.29, 1.82) is 0 Å². The largest absolute Gasteiger partial charge is 0.493 e. The smallest absolute Gasteiger partial charge is 0.340 e. The molecule has 0 aliphatic heterocycles. The number of esters is 2. The fraction of sp³-hybridized carbons (Fsp3) is 0.300. The Kier molecular flexibility index (Phi) is 7.65. The third-order valence-electron chi connectivity index (χ3n) is 4.09. The lowest BCUT2D eigenvalue weighted by molar-refractivity contribution is -0.141. The number of carbonyl (C=O) groups is 2. The number of methoxy groups -OCH3 is 3. The number of rotatable bonds is 9. The lowest BCUT2D eigenvalue weighted by Gasteiger charge is -2.26. The van der Waals surface area contributed by atoms with Crippen LogP contribution in [0.5, 0.6) is 11.5 Å². The van der Waals surface area contributed by atoms with Crippen LogP contribution in [-0.2, 0) is 24.3 Å². The molecule has 0 unspecified atom stereocenters. The Bertz CT molecular complexity index is 1000. The molecule has 2 aromatic rings. The summed E-state index contributed by atoms with van der Waals surface area (Å²) >= 11 is 0. The van der Waals surface area contributed by atoms with Crippen LogP contribution in [0.25, 0.3) is 0 Å². The summed E-state index contributed by atoms with van der Waals surface area (Å²) < 4.78 is 47.7. The quantitative estimate of drug-likeness (QED) is 0.550. The van der Waals surface area contributed by atoms with E-state index in [1.165, 1.54) is 38.5 Å². The van der Waals surface area contributed by atoms with Crippen LogP contribution in [0.1, 0.15) is 17.3 Å². The summed E-state index contributed by atoms with van der Waals surface area (Å²) in [7, 11) is -0.358. The van der Waals surface area contributed by atoms with Crippen LogP contribution in [-0.4, -0.2) is 54.8 Å². The molecule has 0 heterocycles. The molecule has 30 heavy (non-hydrogen) atoms. The molecule has 0 radical (unpaired) electrons. The summed E-state index contributed by atoms with van der Waals surface area (Å²) in [6.45, 7) is 1.00. The normalized spacial score (nSPS) is 10.8. The average Bonchev–Trinajstić information content (AvgIpc) is 2.76. The topological polar surface area (TPSA) is 108 Å². The van der Waals surface area contributed by atoms with Gasteiger partial charge in [0.15, 0.2) is 11.5 Å². The van der Waals surface area contributed by atoms with E-state index in [4.69, 9.17) is 18.9 Å². The van der Waals surface area contributed by atoms with Crippen molar-refractivity contribution >= 4 is 27.6 Å². The fourth-order valence-corrected chi connectivity index (χ4v) is 4.13. The van der Waals surface area contributed by atoms with Gasteiger partial charge in [-0.25, -0.2) is 13.2 Å². The standard InChI is InChI=1S/C20H23NO8S/c1-5-29-19(22)13-21(30(24,25)14-9-7-6-8-10-14)16-12-18(27-3)17(26-2)11-15(16)20(23)28-4/h6-12H,5,13H2,1-4H3. The summed E-state index contributed by atoms with van der Waals surface area (Å²) in [5.74, 6) is -1.25. The highest BCUT2D eigenvalue weighted by Crippen LogP contribution is 2.37. The van der Waals surface area contributed by atoms with Gasteiger partial charge in [-0.2, -0.15) is 0 Å². The van der Waals surface area contributed by atoms with Crippen molar-refractivity contribution in [2.24, 2.45) is 0 Å². The molecular formula is C20H23NO8S. The second-order valence-corrected chi connectivity index (χ2v) is 7.71. The molecule has 0 atom stereocenters. The number of nitrogens with zero attached hydrogens (tertiary/aromatic N) is 1. The number of anilines is 1.